The van der Waals surface area contributed by atoms with Crippen molar-refractivity contribution in [2.24, 2.45) is 0 Å². The fourth-order valence-electron chi connectivity index (χ4n) is 5.64. The van der Waals surface area contributed by atoms with Gasteiger partial charge in [-0.2, -0.15) is 4.98 Å². The highest BCUT2D eigenvalue weighted by atomic mass is 32.2. The Balaban J connectivity index is 1.66. The zero-order valence-corrected chi connectivity index (χ0v) is 24.7. The number of sulfone groups is 1. The second kappa shape index (κ2) is 10.8. The smallest absolute Gasteiger partial charge is 0.355 e. The monoisotopic (exact) mass is 622 g/mol. The summed E-state index contributed by atoms with van der Waals surface area (Å²) < 4.78 is 58.8. The molecule has 0 radical (unpaired) electrons. The molecule has 1 aliphatic heterocycles. The molecule has 2 aliphatic rings. The molecule has 0 bridgehead atoms. The minimum Gasteiger partial charge on any atom is -0.507 e. The lowest BCUT2D eigenvalue weighted by molar-refractivity contribution is -0.126. The first-order chi connectivity index (χ1) is 20.9. The molecule has 1 aliphatic carbocycles. The van der Waals surface area contributed by atoms with E-state index in [0.717, 1.165) is 16.7 Å². The number of fused-ring (bicyclic) bond motifs is 1. The van der Waals surface area contributed by atoms with E-state index in [4.69, 9.17) is 0 Å². The fourth-order valence-corrected chi connectivity index (χ4v) is 7.52. The van der Waals surface area contributed by atoms with Gasteiger partial charge in [0.25, 0.3) is 0 Å². The second-order valence-corrected chi connectivity index (χ2v) is 13.1. The summed E-state index contributed by atoms with van der Waals surface area (Å²) in [7, 11) is -3.88. The first-order valence-corrected chi connectivity index (χ1v) is 15.5. The Morgan fingerprint density at radius 3 is 2.55 bits per heavy atom. The lowest BCUT2D eigenvalue weighted by Gasteiger charge is -2.40. The number of aromatic hydroxyl groups is 1. The van der Waals surface area contributed by atoms with Crippen LogP contribution in [0.1, 0.15) is 25.5 Å². The Morgan fingerprint density at radius 2 is 1.89 bits per heavy atom. The summed E-state index contributed by atoms with van der Waals surface area (Å²) in [5.41, 5.74) is -2.15. The maximum Gasteiger partial charge on any atom is 0.355 e. The summed E-state index contributed by atoms with van der Waals surface area (Å²) >= 11 is 0. The first kappa shape index (κ1) is 29.4. The predicted octanol–water partition coefficient (Wildman–Crippen LogP) is 3.29. The molecule has 1 atom stereocenters. The van der Waals surface area contributed by atoms with Crippen LogP contribution in [-0.4, -0.2) is 74.8 Å². The van der Waals surface area contributed by atoms with Gasteiger partial charge in [-0.3, -0.25) is 9.78 Å². The maximum absolute atomic E-state index is 15.9. The molecular formula is C30H28F2N6O5S. The molecule has 1 aromatic carbocycles. The number of carbonyl (C=O) groups excluding carboxylic acids is 1. The molecule has 4 heterocycles. The molecule has 1 saturated carbocycles. The van der Waals surface area contributed by atoms with E-state index in [1.54, 1.807) is 9.80 Å². The van der Waals surface area contributed by atoms with E-state index in [-0.39, 0.29) is 64.7 Å². The van der Waals surface area contributed by atoms with Gasteiger partial charge in [-0.15, -0.1) is 0 Å². The van der Waals surface area contributed by atoms with E-state index in [1.165, 1.54) is 37.4 Å². The molecular weight excluding hydrogens is 594 g/mol. The third kappa shape index (κ3) is 4.78. The van der Waals surface area contributed by atoms with Crippen LogP contribution >= 0.6 is 0 Å². The summed E-state index contributed by atoms with van der Waals surface area (Å²) in [5.74, 6) is -2.74. The number of piperazine rings is 1. The lowest BCUT2D eigenvalue weighted by Crippen LogP contribution is -2.54. The summed E-state index contributed by atoms with van der Waals surface area (Å²) in [6.07, 6.45) is 3.47. The van der Waals surface area contributed by atoms with Gasteiger partial charge in [-0.05, 0) is 57.0 Å². The van der Waals surface area contributed by atoms with Crippen LogP contribution in [0.3, 0.4) is 0 Å². The number of anilines is 1. The molecule has 1 amide bonds. The van der Waals surface area contributed by atoms with Gasteiger partial charge in [0.15, 0.2) is 21.3 Å². The van der Waals surface area contributed by atoms with Gasteiger partial charge < -0.3 is 14.9 Å². The number of amides is 1. The van der Waals surface area contributed by atoms with Crippen molar-refractivity contribution in [3.05, 3.63) is 77.0 Å². The number of hydrogen-bond acceptors (Lipinski definition) is 9. The van der Waals surface area contributed by atoms with Crippen LogP contribution in [0.4, 0.5) is 14.6 Å². The fraction of sp³-hybridized carbons (Fsp3) is 0.300. The minimum atomic E-state index is -3.88. The molecule has 3 aromatic heterocycles. The largest absolute Gasteiger partial charge is 0.507 e. The van der Waals surface area contributed by atoms with E-state index in [1.807, 2.05) is 6.92 Å². The molecule has 1 saturated heterocycles. The van der Waals surface area contributed by atoms with Crippen LogP contribution in [0.2, 0.25) is 0 Å². The molecule has 4 aromatic rings. The molecule has 1 N–H and O–H groups in total. The molecule has 2 fully saturated rings. The van der Waals surface area contributed by atoms with Crippen molar-refractivity contribution < 1.29 is 27.1 Å². The molecule has 14 heteroatoms. The average molecular weight is 623 g/mol. The average Bonchev–Trinajstić information content (AvgIpc) is 3.84. The molecule has 0 spiro atoms. The molecule has 6 rings (SSSR count). The highest BCUT2D eigenvalue weighted by molar-refractivity contribution is 7.92. The molecule has 11 nitrogen and oxygen atoms in total. The van der Waals surface area contributed by atoms with Crippen LogP contribution in [0, 0.1) is 18.6 Å². The van der Waals surface area contributed by atoms with Crippen LogP contribution < -0.4 is 10.6 Å². The lowest BCUT2D eigenvalue weighted by atomic mass is 10.1. The number of benzene rings is 1. The van der Waals surface area contributed by atoms with Crippen molar-refractivity contribution in [3.8, 4) is 22.7 Å². The SMILES string of the molecule is C=CC(=O)N1CCN(c2nc(=O)n(-c3c(S(=O)(=O)C4CC4)ccnc3C)c3nc(-c4c(O)cccc4F)c(F)cc23)[C@@H](C)C1. The highest BCUT2D eigenvalue weighted by Gasteiger charge is 2.40. The predicted molar refractivity (Wildman–Crippen MR) is 158 cm³/mol. The van der Waals surface area contributed by atoms with E-state index in [2.05, 4.69) is 21.5 Å². The number of phenolic OH excluding ortho intramolecular Hbond substituents is 1. The van der Waals surface area contributed by atoms with Crippen molar-refractivity contribution in [3.63, 3.8) is 0 Å². The zero-order valence-electron chi connectivity index (χ0n) is 23.9. The Morgan fingerprint density at radius 1 is 1.14 bits per heavy atom. The van der Waals surface area contributed by atoms with E-state index < -0.39 is 49.4 Å². The number of aromatic nitrogens is 4. The van der Waals surface area contributed by atoms with Crippen molar-refractivity contribution in [2.75, 3.05) is 24.5 Å². The van der Waals surface area contributed by atoms with Gasteiger partial charge in [-0.1, -0.05) is 12.6 Å². The van der Waals surface area contributed by atoms with Gasteiger partial charge in [0, 0.05) is 31.9 Å². The Bertz CT molecular complexity index is 2010. The Kier molecular flexibility index (Phi) is 7.19. The Labute approximate surface area is 251 Å². The third-order valence-corrected chi connectivity index (χ3v) is 10.3. The maximum atomic E-state index is 15.9. The van der Waals surface area contributed by atoms with Crippen molar-refractivity contribution in [1.82, 2.24) is 24.4 Å². The van der Waals surface area contributed by atoms with Crippen LogP contribution in [0.25, 0.3) is 28.0 Å². The van der Waals surface area contributed by atoms with E-state index in [9.17, 15) is 27.5 Å². The Hall–Kier alpha value is -4.72. The number of aryl methyl sites for hydroxylation is 1. The third-order valence-electron chi connectivity index (χ3n) is 7.98. The van der Waals surface area contributed by atoms with E-state index in [0.29, 0.717) is 12.8 Å². The van der Waals surface area contributed by atoms with Crippen molar-refractivity contribution in [1.29, 1.82) is 0 Å². The van der Waals surface area contributed by atoms with E-state index >= 15 is 4.39 Å². The van der Waals surface area contributed by atoms with Gasteiger partial charge in [0.1, 0.15) is 23.1 Å². The number of carbonyl (C=O) groups is 1. The number of pyridine rings is 2. The number of rotatable bonds is 6. The number of phenols is 1. The van der Waals surface area contributed by atoms with Crippen LogP contribution in [0.15, 0.2) is 58.9 Å². The number of hydrogen-bond donors (Lipinski definition) is 1. The summed E-state index contributed by atoms with van der Waals surface area (Å²) in [6.45, 7) is 7.63. The van der Waals surface area contributed by atoms with Gasteiger partial charge >= 0.3 is 5.69 Å². The topological polar surface area (TPSA) is 139 Å². The normalized spacial score (nSPS) is 17.2. The number of halogens is 2. The van der Waals surface area contributed by atoms with Gasteiger partial charge in [-0.25, -0.2) is 31.5 Å². The molecule has 228 valence electrons. The quantitative estimate of drug-likeness (QED) is 0.321. The molecule has 44 heavy (non-hydrogen) atoms. The first-order valence-electron chi connectivity index (χ1n) is 13.9. The second-order valence-electron chi connectivity index (χ2n) is 10.9. The summed E-state index contributed by atoms with van der Waals surface area (Å²) in [6, 6.07) is 5.42. The number of nitrogens with zero attached hydrogens (tertiary/aromatic N) is 6. The van der Waals surface area contributed by atoms with Crippen LogP contribution in [-0.2, 0) is 14.6 Å². The minimum absolute atomic E-state index is 0.0371. The van der Waals surface area contributed by atoms with Gasteiger partial charge in [0.05, 0.1) is 32.5 Å². The summed E-state index contributed by atoms with van der Waals surface area (Å²) in [5, 5.41) is 9.88. The van der Waals surface area contributed by atoms with Crippen LogP contribution in [0.5, 0.6) is 5.75 Å². The van der Waals surface area contributed by atoms with Gasteiger partial charge in [0.2, 0.25) is 5.91 Å². The zero-order chi connectivity index (χ0) is 31.5. The highest BCUT2D eigenvalue weighted by Crippen LogP contribution is 2.39. The van der Waals surface area contributed by atoms with Crippen molar-refractivity contribution >= 4 is 32.6 Å². The molecule has 0 unspecified atom stereocenters. The van der Waals surface area contributed by atoms with Crippen molar-refractivity contribution in [2.45, 2.75) is 42.9 Å². The standard InChI is InChI=1S/C30H28F2N6O5S/c1-4-24(40)36-12-13-37(16(2)15-36)28-19-14-21(32)26(25-20(31)6-5-7-22(25)39)34-29(19)38(30(41)35-28)27-17(3)33-11-10-23(27)44(42,43)18-8-9-18/h4-7,10-11,14,16,18,39H,1,8-9,12-13,15H2,2-3H3/t16-/m0/s1. The summed E-state index contributed by atoms with van der Waals surface area (Å²) in [4.78, 5) is 42.3.